The van der Waals surface area contributed by atoms with Gasteiger partial charge in [0.1, 0.15) is 23.9 Å². The van der Waals surface area contributed by atoms with Crippen molar-refractivity contribution in [2.24, 2.45) is 0 Å². The number of amides is 1. The SMILES string of the molecule is CCOc1ccc(C(=O)NCc2ccccc2OC)cc1COc1ccc(-c2ccccc2)cc1. The first-order valence-electron chi connectivity index (χ1n) is 11.6. The van der Waals surface area contributed by atoms with Gasteiger partial charge in [-0.3, -0.25) is 4.79 Å². The Morgan fingerprint density at radius 1 is 0.743 bits per heavy atom. The van der Waals surface area contributed by atoms with Gasteiger partial charge in [-0.15, -0.1) is 0 Å². The Balaban J connectivity index is 1.44. The van der Waals surface area contributed by atoms with E-state index in [-0.39, 0.29) is 12.5 Å². The van der Waals surface area contributed by atoms with Crippen molar-refractivity contribution in [2.45, 2.75) is 20.1 Å². The number of carbonyl (C=O) groups is 1. The van der Waals surface area contributed by atoms with Crippen molar-refractivity contribution in [3.8, 4) is 28.4 Å². The maximum atomic E-state index is 12.9. The molecule has 5 heteroatoms. The lowest BCUT2D eigenvalue weighted by Crippen LogP contribution is -2.23. The van der Waals surface area contributed by atoms with Crippen LogP contribution in [0.2, 0.25) is 0 Å². The summed E-state index contributed by atoms with van der Waals surface area (Å²) in [5.41, 5.74) is 4.55. The highest BCUT2D eigenvalue weighted by Gasteiger charge is 2.12. The standard InChI is InChI=1S/C30H29NO4/c1-3-34-29-18-15-24(30(32)31-20-25-11-7-8-12-28(25)33-2)19-26(29)21-35-27-16-13-23(14-17-27)22-9-5-4-6-10-22/h4-19H,3,20-21H2,1-2H3,(H,31,32). The normalized spacial score (nSPS) is 10.5. The molecule has 0 spiro atoms. The zero-order valence-corrected chi connectivity index (χ0v) is 20.0. The number of para-hydroxylation sites is 1. The largest absolute Gasteiger partial charge is 0.496 e. The number of methoxy groups -OCH3 is 1. The summed E-state index contributed by atoms with van der Waals surface area (Å²) in [6.45, 7) is 3.11. The number of carbonyl (C=O) groups excluding carboxylic acids is 1. The van der Waals surface area contributed by atoms with Crippen LogP contribution in [0.1, 0.15) is 28.4 Å². The van der Waals surface area contributed by atoms with Gasteiger partial charge >= 0.3 is 0 Å². The van der Waals surface area contributed by atoms with E-state index in [4.69, 9.17) is 14.2 Å². The average Bonchev–Trinajstić information content (AvgIpc) is 2.92. The van der Waals surface area contributed by atoms with E-state index in [1.54, 1.807) is 13.2 Å². The predicted octanol–water partition coefficient (Wildman–Crippen LogP) is 6.27. The van der Waals surface area contributed by atoms with Gasteiger partial charge < -0.3 is 19.5 Å². The summed E-state index contributed by atoms with van der Waals surface area (Å²) in [5.74, 6) is 2.02. The quantitative estimate of drug-likeness (QED) is 0.299. The van der Waals surface area contributed by atoms with E-state index < -0.39 is 0 Å². The molecule has 0 aliphatic heterocycles. The Morgan fingerprint density at radius 3 is 2.20 bits per heavy atom. The third-order valence-corrected chi connectivity index (χ3v) is 5.61. The highest BCUT2D eigenvalue weighted by molar-refractivity contribution is 5.94. The van der Waals surface area contributed by atoms with Crippen molar-refractivity contribution in [3.63, 3.8) is 0 Å². The minimum Gasteiger partial charge on any atom is -0.496 e. The molecule has 35 heavy (non-hydrogen) atoms. The van der Waals surface area contributed by atoms with Gasteiger partial charge in [0.2, 0.25) is 0 Å². The first kappa shape index (κ1) is 23.9. The summed E-state index contributed by atoms with van der Waals surface area (Å²) in [6.07, 6.45) is 0. The van der Waals surface area contributed by atoms with Gasteiger partial charge in [0.15, 0.2) is 0 Å². The van der Waals surface area contributed by atoms with Crippen LogP contribution in [0.3, 0.4) is 0 Å². The molecule has 1 amide bonds. The predicted molar refractivity (Wildman–Crippen MR) is 138 cm³/mol. The zero-order valence-electron chi connectivity index (χ0n) is 20.0. The summed E-state index contributed by atoms with van der Waals surface area (Å²) in [6, 6.07) is 31.2. The molecule has 0 aliphatic rings. The highest BCUT2D eigenvalue weighted by Crippen LogP contribution is 2.25. The number of hydrogen-bond donors (Lipinski definition) is 1. The summed E-state index contributed by atoms with van der Waals surface area (Å²) in [7, 11) is 1.62. The maximum Gasteiger partial charge on any atom is 0.251 e. The Kier molecular flexibility index (Phi) is 8.02. The fourth-order valence-electron chi connectivity index (χ4n) is 3.79. The third-order valence-electron chi connectivity index (χ3n) is 5.61. The Morgan fingerprint density at radius 2 is 1.46 bits per heavy atom. The molecule has 4 rings (SSSR count). The molecule has 0 aromatic heterocycles. The van der Waals surface area contributed by atoms with Gasteiger partial charge in [-0.1, -0.05) is 60.7 Å². The van der Waals surface area contributed by atoms with E-state index in [2.05, 4.69) is 17.4 Å². The van der Waals surface area contributed by atoms with Crippen LogP contribution in [-0.2, 0) is 13.2 Å². The molecule has 4 aromatic carbocycles. The second-order valence-electron chi connectivity index (χ2n) is 7.93. The van der Waals surface area contributed by atoms with E-state index >= 15 is 0 Å². The van der Waals surface area contributed by atoms with Crippen LogP contribution in [0.25, 0.3) is 11.1 Å². The van der Waals surface area contributed by atoms with E-state index in [9.17, 15) is 4.79 Å². The number of hydrogen-bond acceptors (Lipinski definition) is 4. The number of nitrogens with one attached hydrogen (secondary N) is 1. The Hall–Kier alpha value is -4.25. The second-order valence-corrected chi connectivity index (χ2v) is 7.93. The molecule has 0 saturated carbocycles. The first-order chi connectivity index (χ1) is 17.2. The number of benzene rings is 4. The van der Waals surface area contributed by atoms with Crippen LogP contribution in [0.4, 0.5) is 0 Å². The van der Waals surface area contributed by atoms with Crippen LogP contribution < -0.4 is 19.5 Å². The van der Waals surface area contributed by atoms with E-state index in [1.807, 2.05) is 85.8 Å². The lowest BCUT2D eigenvalue weighted by atomic mass is 10.1. The summed E-state index contributed by atoms with van der Waals surface area (Å²) >= 11 is 0. The molecule has 5 nitrogen and oxygen atoms in total. The summed E-state index contributed by atoms with van der Waals surface area (Å²) < 4.78 is 17.2. The van der Waals surface area contributed by atoms with Crippen LogP contribution in [0.15, 0.2) is 97.1 Å². The van der Waals surface area contributed by atoms with E-state index in [0.717, 1.165) is 33.8 Å². The fraction of sp³-hybridized carbons (Fsp3) is 0.167. The molecular formula is C30H29NO4. The molecule has 0 fully saturated rings. The van der Waals surface area contributed by atoms with Crippen LogP contribution in [-0.4, -0.2) is 19.6 Å². The molecule has 4 aromatic rings. The summed E-state index contributed by atoms with van der Waals surface area (Å²) in [4.78, 5) is 12.9. The molecule has 0 bridgehead atoms. The lowest BCUT2D eigenvalue weighted by molar-refractivity contribution is 0.0950. The lowest BCUT2D eigenvalue weighted by Gasteiger charge is -2.14. The first-order valence-corrected chi connectivity index (χ1v) is 11.6. The second kappa shape index (κ2) is 11.7. The van der Waals surface area contributed by atoms with Crippen molar-refractivity contribution in [2.75, 3.05) is 13.7 Å². The van der Waals surface area contributed by atoms with Crippen molar-refractivity contribution in [3.05, 3.63) is 114 Å². The minimum absolute atomic E-state index is 0.174. The van der Waals surface area contributed by atoms with Crippen LogP contribution in [0, 0.1) is 0 Å². The van der Waals surface area contributed by atoms with Crippen molar-refractivity contribution < 1.29 is 19.0 Å². The van der Waals surface area contributed by atoms with Gasteiger partial charge in [-0.05, 0) is 54.4 Å². The Labute approximate surface area is 206 Å². The molecule has 0 heterocycles. The third kappa shape index (κ3) is 6.21. The summed E-state index contributed by atoms with van der Waals surface area (Å²) in [5, 5.41) is 2.96. The topological polar surface area (TPSA) is 56.8 Å². The smallest absolute Gasteiger partial charge is 0.251 e. The van der Waals surface area contributed by atoms with Gasteiger partial charge in [0.25, 0.3) is 5.91 Å². The fourth-order valence-corrected chi connectivity index (χ4v) is 3.79. The minimum atomic E-state index is -0.174. The van der Waals surface area contributed by atoms with Gasteiger partial charge in [-0.25, -0.2) is 0 Å². The van der Waals surface area contributed by atoms with Gasteiger partial charge in [0.05, 0.1) is 13.7 Å². The molecule has 178 valence electrons. The Bertz CT molecular complexity index is 1250. The van der Waals surface area contributed by atoms with Crippen molar-refractivity contribution in [1.82, 2.24) is 5.32 Å². The maximum absolute atomic E-state index is 12.9. The molecule has 0 aliphatic carbocycles. The zero-order chi connectivity index (χ0) is 24.5. The van der Waals surface area contributed by atoms with Crippen molar-refractivity contribution >= 4 is 5.91 Å². The molecular weight excluding hydrogens is 438 g/mol. The number of ether oxygens (including phenoxy) is 3. The van der Waals surface area contributed by atoms with Gasteiger partial charge in [0, 0.05) is 23.2 Å². The van der Waals surface area contributed by atoms with Crippen LogP contribution in [0.5, 0.6) is 17.2 Å². The molecule has 0 saturated heterocycles. The molecule has 0 atom stereocenters. The molecule has 1 N–H and O–H groups in total. The molecule has 0 radical (unpaired) electrons. The molecule has 0 unspecified atom stereocenters. The average molecular weight is 468 g/mol. The van der Waals surface area contributed by atoms with Crippen LogP contribution >= 0.6 is 0 Å². The van der Waals surface area contributed by atoms with Gasteiger partial charge in [-0.2, -0.15) is 0 Å². The van der Waals surface area contributed by atoms with E-state index in [0.29, 0.717) is 24.5 Å². The highest BCUT2D eigenvalue weighted by atomic mass is 16.5. The van der Waals surface area contributed by atoms with E-state index in [1.165, 1.54) is 0 Å². The number of rotatable bonds is 10. The monoisotopic (exact) mass is 467 g/mol. The van der Waals surface area contributed by atoms with Crippen molar-refractivity contribution in [1.29, 1.82) is 0 Å².